The molecule has 0 bridgehead atoms. The van der Waals surface area contributed by atoms with Crippen LogP contribution in [0.15, 0.2) is 33.6 Å². The van der Waals surface area contributed by atoms with E-state index in [2.05, 4.69) is 9.30 Å². The Kier molecular flexibility index (Phi) is 4.67. The number of β-amino-alcohol motifs (C(OH)–C–C–N with tert-alkyl or cyclic N) is 1. The molecule has 1 aromatic rings. The molecule has 1 saturated heterocycles. The monoisotopic (exact) mass is 339 g/mol. The van der Waals surface area contributed by atoms with Crippen molar-refractivity contribution in [2.75, 3.05) is 46.4 Å². The molecule has 23 heavy (non-hydrogen) atoms. The van der Waals surface area contributed by atoms with Gasteiger partial charge < -0.3 is 14.7 Å². The third-order valence-electron chi connectivity index (χ3n) is 4.11. The number of hydrogen-bond donors (Lipinski definition) is 1. The molecule has 0 amide bonds. The number of aliphatic hydroxyl groups is 1. The molecule has 0 unspecified atom stereocenters. The van der Waals surface area contributed by atoms with Gasteiger partial charge >= 0.3 is 0 Å². The third kappa shape index (κ3) is 3.40. The summed E-state index contributed by atoms with van der Waals surface area (Å²) in [5.41, 5.74) is 0.681. The van der Waals surface area contributed by atoms with E-state index in [1.807, 2.05) is 11.0 Å². The average molecular weight is 339 g/mol. The Morgan fingerprint density at radius 2 is 1.96 bits per heavy atom. The van der Waals surface area contributed by atoms with Crippen molar-refractivity contribution < 1.29 is 18.3 Å². The van der Waals surface area contributed by atoms with Gasteiger partial charge in [-0.25, -0.2) is 0 Å². The lowest BCUT2D eigenvalue weighted by molar-refractivity contribution is 0.0298. The van der Waals surface area contributed by atoms with Crippen molar-refractivity contribution in [1.29, 1.82) is 0 Å². The molecule has 0 spiro atoms. The quantitative estimate of drug-likeness (QED) is 0.815. The zero-order valence-corrected chi connectivity index (χ0v) is 13.9. The van der Waals surface area contributed by atoms with Crippen LogP contribution in [0.1, 0.15) is 5.56 Å². The van der Waals surface area contributed by atoms with Gasteiger partial charge in [0.25, 0.3) is 10.0 Å². The Morgan fingerprint density at radius 3 is 2.65 bits per heavy atom. The molecule has 1 atom stereocenters. The van der Waals surface area contributed by atoms with Gasteiger partial charge in [-0.3, -0.25) is 4.90 Å². The second-order valence-corrected chi connectivity index (χ2v) is 7.36. The number of sulfonamides is 1. The summed E-state index contributed by atoms with van der Waals surface area (Å²) < 4.78 is 33.1. The van der Waals surface area contributed by atoms with E-state index in [1.165, 1.54) is 0 Å². The number of ether oxygens (including phenoxy) is 1. The standard InChI is InChI=1S/C15H21N3O4S/c1-22-11-12(19)10-17-6-8-18(9-7-17)15-13-4-2-3-5-14(13)23(20,21)16-15/h2-5,12,19H,6-11H2,1H3/t12-/m0/s1. The van der Waals surface area contributed by atoms with Gasteiger partial charge in [-0.2, -0.15) is 8.42 Å². The number of fused-ring (bicyclic) bond motifs is 1. The zero-order chi connectivity index (χ0) is 16.4. The maximum absolute atomic E-state index is 12.1. The highest BCUT2D eigenvalue weighted by Crippen LogP contribution is 2.27. The summed E-state index contributed by atoms with van der Waals surface area (Å²) in [6, 6.07) is 6.93. The van der Waals surface area contributed by atoms with E-state index in [0.717, 1.165) is 13.1 Å². The lowest BCUT2D eigenvalue weighted by Crippen LogP contribution is -2.50. The average Bonchev–Trinajstić information content (AvgIpc) is 2.81. The number of methoxy groups -OCH3 is 1. The van der Waals surface area contributed by atoms with Crippen molar-refractivity contribution in [3.05, 3.63) is 29.8 Å². The van der Waals surface area contributed by atoms with Crippen molar-refractivity contribution in [3.8, 4) is 0 Å². The molecule has 7 nitrogen and oxygen atoms in total. The number of nitrogens with zero attached hydrogens (tertiary/aromatic N) is 3. The van der Waals surface area contributed by atoms with Gasteiger partial charge in [0, 0.05) is 45.4 Å². The predicted molar refractivity (Wildman–Crippen MR) is 86.1 cm³/mol. The molecule has 3 rings (SSSR count). The van der Waals surface area contributed by atoms with Crippen molar-refractivity contribution in [3.63, 3.8) is 0 Å². The summed E-state index contributed by atoms with van der Waals surface area (Å²) >= 11 is 0. The lowest BCUT2D eigenvalue weighted by atomic mass is 10.1. The van der Waals surface area contributed by atoms with Crippen LogP contribution in [0.5, 0.6) is 0 Å². The van der Waals surface area contributed by atoms with E-state index >= 15 is 0 Å². The molecule has 0 aliphatic carbocycles. The van der Waals surface area contributed by atoms with E-state index in [9.17, 15) is 13.5 Å². The van der Waals surface area contributed by atoms with E-state index in [1.54, 1.807) is 25.3 Å². The largest absolute Gasteiger partial charge is 0.389 e. The highest BCUT2D eigenvalue weighted by molar-refractivity contribution is 7.90. The molecule has 1 fully saturated rings. The first-order valence-corrected chi connectivity index (χ1v) is 9.04. The zero-order valence-electron chi connectivity index (χ0n) is 13.1. The number of piperazine rings is 1. The van der Waals surface area contributed by atoms with E-state index in [-0.39, 0.29) is 4.90 Å². The molecular formula is C15H21N3O4S. The first-order chi connectivity index (χ1) is 11.0. The topological polar surface area (TPSA) is 82.4 Å². The van der Waals surface area contributed by atoms with Crippen LogP contribution in [-0.2, 0) is 14.8 Å². The number of benzene rings is 1. The molecule has 2 aliphatic rings. The van der Waals surface area contributed by atoms with Gasteiger partial charge in [-0.05, 0) is 12.1 Å². The third-order valence-corrected chi connectivity index (χ3v) is 5.44. The van der Waals surface area contributed by atoms with Crippen LogP contribution in [-0.4, -0.2) is 81.7 Å². The maximum atomic E-state index is 12.1. The molecule has 0 aromatic heterocycles. The Morgan fingerprint density at radius 1 is 1.26 bits per heavy atom. The van der Waals surface area contributed by atoms with Crippen LogP contribution in [0, 0.1) is 0 Å². The minimum atomic E-state index is -3.57. The van der Waals surface area contributed by atoms with Gasteiger partial charge in [-0.1, -0.05) is 12.1 Å². The molecule has 0 radical (unpaired) electrons. The highest BCUT2D eigenvalue weighted by atomic mass is 32.2. The minimum absolute atomic E-state index is 0.285. The fourth-order valence-corrected chi connectivity index (χ4v) is 4.23. The smallest absolute Gasteiger partial charge is 0.285 e. The Balaban J connectivity index is 1.67. The van der Waals surface area contributed by atoms with Gasteiger partial charge in [0.1, 0.15) is 4.90 Å². The second-order valence-electron chi connectivity index (χ2n) is 5.78. The van der Waals surface area contributed by atoms with Gasteiger partial charge in [0.2, 0.25) is 0 Å². The van der Waals surface area contributed by atoms with Crippen molar-refractivity contribution in [1.82, 2.24) is 9.80 Å². The first kappa shape index (κ1) is 16.4. The minimum Gasteiger partial charge on any atom is -0.389 e. The normalized spacial score (nSPS) is 21.8. The summed E-state index contributed by atoms with van der Waals surface area (Å²) in [7, 11) is -2.00. The summed E-state index contributed by atoms with van der Waals surface area (Å²) in [6.45, 7) is 3.75. The van der Waals surface area contributed by atoms with Gasteiger partial charge in [0.15, 0.2) is 5.84 Å². The van der Waals surface area contributed by atoms with Gasteiger partial charge in [-0.15, -0.1) is 4.40 Å². The molecule has 126 valence electrons. The fraction of sp³-hybridized carbons (Fsp3) is 0.533. The Labute approximate surface area is 136 Å². The molecule has 1 N–H and O–H groups in total. The molecular weight excluding hydrogens is 318 g/mol. The number of rotatable bonds is 4. The first-order valence-electron chi connectivity index (χ1n) is 7.60. The van der Waals surface area contributed by atoms with Crippen LogP contribution in [0.3, 0.4) is 0 Å². The van der Waals surface area contributed by atoms with Gasteiger partial charge in [0.05, 0.1) is 12.7 Å². The van der Waals surface area contributed by atoms with E-state index < -0.39 is 16.1 Å². The summed E-state index contributed by atoms with van der Waals surface area (Å²) in [6.07, 6.45) is -0.503. The molecule has 2 aliphatic heterocycles. The van der Waals surface area contributed by atoms with Crippen LogP contribution in [0.2, 0.25) is 0 Å². The lowest BCUT2D eigenvalue weighted by Gasteiger charge is -2.36. The number of hydrogen-bond acceptors (Lipinski definition) is 6. The molecule has 1 aromatic carbocycles. The highest BCUT2D eigenvalue weighted by Gasteiger charge is 2.32. The number of aliphatic hydroxyl groups excluding tert-OH is 1. The summed E-state index contributed by atoms with van der Waals surface area (Å²) in [5.74, 6) is 0.540. The van der Waals surface area contributed by atoms with Crippen LogP contribution < -0.4 is 0 Å². The fourth-order valence-electron chi connectivity index (χ4n) is 3.00. The number of amidine groups is 1. The SMILES string of the molecule is COC[C@@H](O)CN1CCN(C2=NS(=O)(=O)c3ccccc32)CC1. The van der Waals surface area contributed by atoms with Crippen LogP contribution in [0.4, 0.5) is 0 Å². The Hall–Kier alpha value is -1.48. The second kappa shape index (κ2) is 6.56. The van der Waals surface area contributed by atoms with Crippen LogP contribution in [0.25, 0.3) is 0 Å². The van der Waals surface area contributed by atoms with Crippen molar-refractivity contribution in [2.45, 2.75) is 11.0 Å². The molecule has 8 heteroatoms. The maximum Gasteiger partial charge on any atom is 0.285 e. The van der Waals surface area contributed by atoms with Crippen molar-refractivity contribution in [2.24, 2.45) is 4.40 Å². The molecule has 2 heterocycles. The van der Waals surface area contributed by atoms with Crippen LogP contribution >= 0.6 is 0 Å². The van der Waals surface area contributed by atoms with E-state index in [4.69, 9.17) is 4.74 Å². The van der Waals surface area contributed by atoms with Crippen molar-refractivity contribution >= 4 is 15.9 Å². The predicted octanol–water partition coefficient (Wildman–Crippen LogP) is -0.240. The van der Waals surface area contributed by atoms with E-state index in [0.29, 0.717) is 37.6 Å². The summed E-state index contributed by atoms with van der Waals surface area (Å²) in [5, 5.41) is 9.79. The molecule has 0 saturated carbocycles. The Bertz CT molecular complexity index is 696. The summed E-state index contributed by atoms with van der Waals surface area (Å²) in [4.78, 5) is 4.44.